The van der Waals surface area contributed by atoms with E-state index in [4.69, 9.17) is 0 Å². The molecule has 0 saturated heterocycles. The standard InChI is InChI=1S/C14H20N2O2/c1-10-3-6-12(7-4-10)16(2)14(18)11-5-8-13(17)15-9-11/h5,8-10,12H,3-4,6-7H2,1-2H3,(H,15,17). The molecule has 1 amide bonds. The van der Waals surface area contributed by atoms with E-state index in [1.54, 1.807) is 6.07 Å². The van der Waals surface area contributed by atoms with Gasteiger partial charge in [0.05, 0.1) is 5.56 Å². The molecule has 1 saturated carbocycles. The topological polar surface area (TPSA) is 53.2 Å². The Morgan fingerprint density at radius 2 is 1.94 bits per heavy atom. The zero-order valence-electron chi connectivity index (χ0n) is 11.0. The summed E-state index contributed by atoms with van der Waals surface area (Å²) in [4.78, 5) is 27.6. The second kappa shape index (κ2) is 5.38. The molecule has 1 N–H and O–H groups in total. The number of pyridine rings is 1. The van der Waals surface area contributed by atoms with Gasteiger partial charge in [-0.15, -0.1) is 0 Å². The predicted molar refractivity (Wildman–Crippen MR) is 70.6 cm³/mol. The fourth-order valence-electron chi connectivity index (χ4n) is 2.54. The summed E-state index contributed by atoms with van der Waals surface area (Å²) in [7, 11) is 1.86. The van der Waals surface area contributed by atoms with Crippen LogP contribution in [0.15, 0.2) is 23.1 Å². The van der Waals surface area contributed by atoms with Crippen molar-refractivity contribution in [2.24, 2.45) is 5.92 Å². The lowest BCUT2D eigenvalue weighted by atomic mass is 9.86. The highest BCUT2D eigenvalue weighted by Crippen LogP contribution is 2.27. The van der Waals surface area contributed by atoms with Gasteiger partial charge >= 0.3 is 0 Å². The number of hydrogen-bond donors (Lipinski definition) is 1. The number of carbonyl (C=O) groups is 1. The Labute approximate surface area is 107 Å². The van der Waals surface area contributed by atoms with E-state index in [1.165, 1.54) is 25.1 Å². The van der Waals surface area contributed by atoms with Crippen molar-refractivity contribution in [2.75, 3.05) is 7.05 Å². The van der Waals surface area contributed by atoms with Crippen LogP contribution >= 0.6 is 0 Å². The number of nitrogens with zero attached hydrogens (tertiary/aromatic N) is 1. The highest BCUT2D eigenvalue weighted by Gasteiger charge is 2.25. The predicted octanol–water partition coefficient (Wildman–Crippen LogP) is 2.03. The Balaban J connectivity index is 2.04. The second-order valence-electron chi connectivity index (χ2n) is 5.27. The van der Waals surface area contributed by atoms with Crippen LogP contribution in [0.3, 0.4) is 0 Å². The van der Waals surface area contributed by atoms with Gasteiger partial charge in [-0.05, 0) is 37.7 Å². The monoisotopic (exact) mass is 248 g/mol. The lowest BCUT2D eigenvalue weighted by Crippen LogP contribution is -2.39. The highest BCUT2D eigenvalue weighted by molar-refractivity contribution is 5.93. The summed E-state index contributed by atoms with van der Waals surface area (Å²) in [6, 6.07) is 3.31. The summed E-state index contributed by atoms with van der Waals surface area (Å²) in [6.45, 7) is 2.26. The normalized spacial score (nSPS) is 23.7. The molecule has 4 heteroatoms. The molecule has 0 aromatic carbocycles. The largest absolute Gasteiger partial charge is 0.339 e. The van der Waals surface area contributed by atoms with E-state index in [-0.39, 0.29) is 11.5 Å². The lowest BCUT2D eigenvalue weighted by Gasteiger charge is -2.33. The number of hydrogen-bond acceptors (Lipinski definition) is 2. The van der Waals surface area contributed by atoms with Gasteiger partial charge in [-0.2, -0.15) is 0 Å². The third kappa shape index (κ3) is 2.81. The number of H-pyrrole nitrogens is 1. The van der Waals surface area contributed by atoms with Gasteiger partial charge in [0.1, 0.15) is 0 Å². The summed E-state index contributed by atoms with van der Waals surface area (Å²) in [5, 5.41) is 0. The first kappa shape index (κ1) is 12.9. The van der Waals surface area contributed by atoms with E-state index in [0.29, 0.717) is 11.6 Å². The molecule has 1 aromatic heterocycles. The summed E-state index contributed by atoms with van der Waals surface area (Å²) < 4.78 is 0. The van der Waals surface area contributed by atoms with Crippen LogP contribution in [-0.4, -0.2) is 28.9 Å². The Kier molecular flexibility index (Phi) is 3.84. The summed E-state index contributed by atoms with van der Waals surface area (Å²) in [6.07, 6.45) is 6.02. The number of carbonyl (C=O) groups excluding carboxylic acids is 1. The van der Waals surface area contributed by atoms with Crippen LogP contribution in [0.5, 0.6) is 0 Å². The SMILES string of the molecule is CC1CCC(N(C)C(=O)c2ccc(=O)[nH]c2)CC1. The molecule has 0 spiro atoms. The van der Waals surface area contributed by atoms with Gasteiger partial charge < -0.3 is 9.88 Å². The first-order valence-corrected chi connectivity index (χ1v) is 6.54. The maximum Gasteiger partial charge on any atom is 0.255 e. The van der Waals surface area contributed by atoms with Crippen molar-refractivity contribution >= 4 is 5.91 Å². The van der Waals surface area contributed by atoms with Gasteiger partial charge in [0.15, 0.2) is 0 Å². The van der Waals surface area contributed by atoms with E-state index >= 15 is 0 Å². The number of amides is 1. The van der Waals surface area contributed by atoms with Crippen LogP contribution in [0.4, 0.5) is 0 Å². The quantitative estimate of drug-likeness (QED) is 0.870. The fourth-order valence-corrected chi connectivity index (χ4v) is 2.54. The molecule has 4 nitrogen and oxygen atoms in total. The molecule has 0 bridgehead atoms. The minimum Gasteiger partial charge on any atom is -0.339 e. The maximum atomic E-state index is 12.2. The Morgan fingerprint density at radius 1 is 1.28 bits per heavy atom. The number of nitrogens with one attached hydrogen (secondary N) is 1. The number of aromatic amines is 1. The minimum atomic E-state index is -0.180. The molecule has 0 atom stereocenters. The van der Waals surface area contributed by atoms with Gasteiger partial charge in [-0.1, -0.05) is 6.92 Å². The zero-order chi connectivity index (χ0) is 13.1. The minimum absolute atomic E-state index is 0.00852. The molecular formula is C14H20N2O2. The summed E-state index contributed by atoms with van der Waals surface area (Å²) in [5.41, 5.74) is 0.372. The molecule has 0 aliphatic heterocycles. The average molecular weight is 248 g/mol. The van der Waals surface area contributed by atoms with Gasteiger partial charge in [0.25, 0.3) is 5.91 Å². The smallest absolute Gasteiger partial charge is 0.255 e. The molecule has 18 heavy (non-hydrogen) atoms. The van der Waals surface area contributed by atoms with E-state index in [1.807, 2.05) is 11.9 Å². The van der Waals surface area contributed by atoms with Crippen LogP contribution in [0.2, 0.25) is 0 Å². The Bertz CT molecular complexity index is 452. The van der Waals surface area contributed by atoms with Crippen LogP contribution in [-0.2, 0) is 0 Å². The molecule has 1 aliphatic carbocycles. The summed E-state index contributed by atoms with van der Waals surface area (Å²) >= 11 is 0. The van der Waals surface area contributed by atoms with Crippen molar-refractivity contribution < 1.29 is 4.79 Å². The fraction of sp³-hybridized carbons (Fsp3) is 0.571. The molecular weight excluding hydrogens is 228 g/mol. The molecule has 1 fully saturated rings. The van der Waals surface area contributed by atoms with Gasteiger partial charge in [-0.3, -0.25) is 9.59 Å². The molecule has 1 aromatic rings. The Hall–Kier alpha value is -1.58. The first-order valence-electron chi connectivity index (χ1n) is 6.54. The van der Waals surface area contributed by atoms with Crippen molar-refractivity contribution in [3.8, 4) is 0 Å². The van der Waals surface area contributed by atoms with E-state index in [2.05, 4.69) is 11.9 Å². The molecule has 1 heterocycles. The van der Waals surface area contributed by atoms with Gasteiger partial charge in [0.2, 0.25) is 5.56 Å². The lowest BCUT2D eigenvalue weighted by molar-refractivity contribution is 0.0679. The van der Waals surface area contributed by atoms with Gasteiger partial charge in [-0.25, -0.2) is 0 Å². The number of aromatic nitrogens is 1. The molecule has 2 rings (SSSR count). The van der Waals surface area contributed by atoms with Crippen LogP contribution < -0.4 is 5.56 Å². The van der Waals surface area contributed by atoms with E-state index in [0.717, 1.165) is 18.8 Å². The van der Waals surface area contributed by atoms with Gasteiger partial charge in [0, 0.05) is 25.4 Å². The Morgan fingerprint density at radius 3 is 2.50 bits per heavy atom. The summed E-state index contributed by atoms with van der Waals surface area (Å²) in [5.74, 6) is 0.767. The molecule has 98 valence electrons. The van der Waals surface area contributed by atoms with Crippen LogP contribution in [0.25, 0.3) is 0 Å². The molecule has 1 aliphatic rings. The van der Waals surface area contributed by atoms with Crippen molar-refractivity contribution in [3.05, 3.63) is 34.2 Å². The van der Waals surface area contributed by atoms with Crippen LogP contribution in [0.1, 0.15) is 43.0 Å². The number of rotatable bonds is 2. The average Bonchev–Trinajstić information content (AvgIpc) is 2.39. The molecule has 0 radical (unpaired) electrons. The van der Waals surface area contributed by atoms with Crippen molar-refractivity contribution in [1.82, 2.24) is 9.88 Å². The molecule has 0 unspecified atom stereocenters. The second-order valence-corrected chi connectivity index (χ2v) is 5.27. The van der Waals surface area contributed by atoms with E-state index < -0.39 is 0 Å². The van der Waals surface area contributed by atoms with Crippen molar-refractivity contribution in [2.45, 2.75) is 38.6 Å². The highest BCUT2D eigenvalue weighted by atomic mass is 16.2. The third-order valence-electron chi connectivity index (χ3n) is 3.88. The van der Waals surface area contributed by atoms with E-state index in [9.17, 15) is 9.59 Å². The first-order chi connectivity index (χ1) is 8.58. The van der Waals surface area contributed by atoms with Crippen molar-refractivity contribution in [3.63, 3.8) is 0 Å². The van der Waals surface area contributed by atoms with Crippen LogP contribution in [0, 0.1) is 5.92 Å². The zero-order valence-corrected chi connectivity index (χ0v) is 11.0. The van der Waals surface area contributed by atoms with Crippen molar-refractivity contribution in [1.29, 1.82) is 0 Å². The maximum absolute atomic E-state index is 12.2. The third-order valence-corrected chi connectivity index (χ3v) is 3.88.